The molecule has 3 nitrogen and oxygen atoms in total. The molecule has 1 amide bonds. The van der Waals surface area contributed by atoms with E-state index in [-0.39, 0.29) is 11.7 Å². The quantitative estimate of drug-likeness (QED) is 0.505. The Morgan fingerprint density at radius 2 is 2.31 bits per heavy atom. The van der Waals surface area contributed by atoms with E-state index in [1.807, 2.05) is 0 Å². The van der Waals surface area contributed by atoms with E-state index in [9.17, 15) is 9.90 Å². The third-order valence-corrected chi connectivity index (χ3v) is 2.66. The Hall–Kier alpha value is -1.22. The zero-order valence-electron chi connectivity index (χ0n) is 8.66. The predicted octanol–water partition coefficient (Wildman–Crippen LogP) is 2.14. The molecule has 0 radical (unpaired) electrons. The zero-order valence-corrected chi connectivity index (χ0v) is 10.8. The van der Waals surface area contributed by atoms with E-state index in [0.29, 0.717) is 18.5 Å². The van der Waals surface area contributed by atoms with Crippen LogP contribution in [0.1, 0.15) is 23.2 Å². The average molecular weight is 329 g/mol. The maximum Gasteiger partial charge on any atom is 0.255 e. The number of rotatable bonds is 4. The average Bonchev–Trinajstić information content (AvgIpc) is 2.27. The summed E-state index contributed by atoms with van der Waals surface area (Å²) in [5.41, 5.74) is 0.299. The Morgan fingerprint density at radius 3 is 3.00 bits per heavy atom. The van der Waals surface area contributed by atoms with Crippen LogP contribution in [0.4, 0.5) is 0 Å². The maximum absolute atomic E-state index is 11.7. The minimum Gasteiger partial charge on any atom is -0.507 e. The molecule has 0 aliphatic rings. The van der Waals surface area contributed by atoms with Gasteiger partial charge in [0, 0.05) is 16.5 Å². The van der Waals surface area contributed by atoms with Crippen molar-refractivity contribution in [2.24, 2.45) is 0 Å². The van der Waals surface area contributed by atoms with Crippen molar-refractivity contribution in [3.05, 3.63) is 27.3 Å². The standard InChI is InChI=1S/C12H12INO2/c1-2-3-4-7-14-12(16)10-8-9(13)5-6-11(10)15/h1,5-6,8,15H,3-4,7H2,(H,14,16). The second-order valence-electron chi connectivity index (χ2n) is 3.23. The Balaban J connectivity index is 2.59. The van der Waals surface area contributed by atoms with Crippen LogP contribution in [0.5, 0.6) is 5.75 Å². The monoisotopic (exact) mass is 329 g/mol. The lowest BCUT2D eigenvalue weighted by molar-refractivity contribution is 0.0950. The first-order valence-corrected chi connectivity index (χ1v) is 5.93. The number of aromatic hydroxyl groups is 1. The first-order chi connectivity index (χ1) is 7.65. The summed E-state index contributed by atoms with van der Waals surface area (Å²) in [5.74, 6) is 2.22. The molecule has 0 saturated carbocycles. The van der Waals surface area contributed by atoms with E-state index in [4.69, 9.17) is 6.42 Å². The minimum atomic E-state index is -0.270. The van der Waals surface area contributed by atoms with Crippen LogP contribution in [-0.2, 0) is 0 Å². The van der Waals surface area contributed by atoms with E-state index in [1.54, 1.807) is 12.1 Å². The lowest BCUT2D eigenvalue weighted by atomic mass is 10.2. The molecule has 0 aliphatic carbocycles. The van der Waals surface area contributed by atoms with Crippen LogP contribution in [0.2, 0.25) is 0 Å². The number of benzene rings is 1. The highest BCUT2D eigenvalue weighted by Gasteiger charge is 2.10. The zero-order chi connectivity index (χ0) is 12.0. The number of hydrogen-bond donors (Lipinski definition) is 2. The molecule has 16 heavy (non-hydrogen) atoms. The summed E-state index contributed by atoms with van der Waals surface area (Å²) >= 11 is 2.09. The number of hydrogen-bond acceptors (Lipinski definition) is 2. The summed E-state index contributed by atoms with van der Waals surface area (Å²) in [6.45, 7) is 0.522. The van der Waals surface area contributed by atoms with E-state index in [1.165, 1.54) is 6.07 Å². The van der Waals surface area contributed by atoms with Gasteiger partial charge in [0.2, 0.25) is 0 Å². The molecule has 84 valence electrons. The summed E-state index contributed by atoms with van der Waals surface area (Å²) < 4.78 is 0.907. The molecule has 0 fully saturated rings. The van der Waals surface area contributed by atoms with Gasteiger partial charge in [-0.1, -0.05) is 0 Å². The highest BCUT2D eigenvalue weighted by atomic mass is 127. The molecule has 0 spiro atoms. The second-order valence-corrected chi connectivity index (χ2v) is 4.47. The van der Waals surface area contributed by atoms with Crippen molar-refractivity contribution in [3.63, 3.8) is 0 Å². The second kappa shape index (κ2) is 6.38. The van der Waals surface area contributed by atoms with Gasteiger partial charge in [0.15, 0.2) is 0 Å². The normalized spacial score (nSPS) is 9.50. The summed E-state index contributed by atoms with van der Waals surface area (Å²) in [7, 11) is 0. The van der Waals surface area contributed by atoms with Crippen LogP contribution in [0, 0.1) is 15.9 Å². The number of phenols is 1. The largest absolute Gasteiger partial charge is 0.507 e. The smallest absolute Gasteiger partial charge is 0.255 e. The number of carbonyl (C=O) groups excluding carboxylic acids is 1. The van der Waals surface area contributed by atoms with Gasteiger partial charge in [-0.2, -0.15) is 0 Å². The fourth-order valence-electron chi connectivity index (χ4n) is 1.18. The molecule has 0 atom stereocenters. The predicted molar refractivity (Wildman–Crippen MR) is 71.2 cm³/mol. The number of carbonyl (C=O) groups is 1. The molecule has 1 rings (SSSR count). The molecule has 1 aromatic carbocycles. The SMILES string of the molecule is C#CCCCNC(=O)c1cc(I)ccc1O. The highest BCUT2D eigenvalue weighted by Crippen LogP contribution is 2.19. The van der Waals surface area contributed by atoms with Gasteiger partial charge in [-0.15, -0.1) is 12.3 Å². The Kier molecular flexibility index (Phi) is 5.12. The molecule has 0 aromatic heterocycles. The topological polar surface area (TPSA) is 49.3 Å². The Morgan fingerprint density at radius 1 is 1.56 bits per heavy atom. The van der Waals surface area contributed by atoms with Gasteiger partial charge in [0.25, 0.3) is 5.91 Å². The molecule has 0 bridgehead atoms. The van der Waals surface area contributed by atoms with Crippen LogP contribution >= 0.6 is 22.6 Å². The molecule has 0 aliphatic heterocycles. The van der Waals surface area contributed by atoms with Gasteiger partial charge in [-0.25, -0.2) is 0 Å². The van der Waals surface area contributed by atoms with Crippen molar-refractivity contribution < 1.29 is 9.90 Å². The van der Waals surface area contributed by atoms with Crippen molar-refractivity contribution in [2.75, 3.05) is 6.54 Å². The Labute approximate surface area is 108 Å². The van der Waals surface area contributed by atoms with E-state index >= 15 is 0 Å². The summed E-state index contributed by atoms with van der Waals surface area (Å²) in [4.78, 5) is 11.7. The van der Waals surface area contributed by atoms with Gasteiger partial charge in [-0.3, -0.25) is 4.79 Å². The van der Waals surface area contributed by atoms with Gasteiger partial charge in [0.1, 0.15) is 5.75 Å². The summed E-state index contributed by atoms with van der Waals surface area (Å²) in [6, 6.07) is 4.90. The van der Waals surface area contributed by atoms with Crippen LogP contribution in [0.25, 0.3) is 0 Å². The summed E-state index contributed by atoms with van der Waals surface area (Å²) in [6.07, 6.45) is 6.48. The third kappa shape index (κ3) is 3.74. The van der Waals surface area contributed by atoms with Crippen molar-refractivity contribution >= 4 is 28.5 Å². The first kappa shape index (κ1) is 12.8. The van der Waals surface area contributed by atoms with Crippen molar-refractivity contribution in [1.82, 2.24) is 5.32 Å². The van der Waals surface area contributed by atoms with Crippen molar-refractivity contribution in [2.45, 2.75) is 12.8 Å². The van der Waals surface area contributed by atoms with Crippen molar-refractivity contribution in [3.8, 4) is 18.1 Å². The van der Waals surface area contributed by atoms with Gasteiger partial charge in [-0.05, 0) is 47.2 Å². The molecule has 0 unspecified atom stereocenters. The van der Waals surface area contributed by atoms with E-state index < -0.39 is 0 Å². The van der Waals surface area contributed by atoms with E-state index in [2.05, 4.69) is 33.8 Å². The molecule has 4 heteroatoms. The first-order valence-electron chi connectivity index (χ1n) is 4.85. The maximum atomic E-state index is 11.7. The molecular weight excluding hydrogens is 317 g/mol. The number of phenolic OH excluding ortho intramolecular Hbond substituents is 1. The van der Waals surface area contributed by atoms with E-state index in [0.717, 1.165) is 9.99 Å². The molecule has 2 N–H and O–H groups in total. The highest BCUT2D eigenvalue weighted by molar-refractivity contribution is 14.1. The van der Waals surface area contributed by atoms with Crippen LogP contribution in [0.3, 0.4) is 0 Å². The van der Waals surface area contributed by atoms with Crippen LogP contribution in [-0.4, -0.2) is 17.6 Å². The molecule has 1 aromatic rings. The van der Waals surface area contributed by atoms with Crippen LogP contribution < -0.4 is 5.32 Å². The number of terminal acetylenes is 1. The molecule has 0 saturated heterocycles. The molecule has 0 heterocycles. The summed E-state index contributed by atoms with van der Waals surface area (Å²) in [5, 5.41) is 12.2. The number of unbranched alkanes of at least 4 members (excludes halogenated alkanes) is 1. The fourth-order valence-corrected chi connectivity index (χ4v) is 1.67. The number of halogens is 1. The van der Waals surface area contributed by atoms with Gasteiger partial charge in [0.05, 0.1) is 5.56 Å². The molecular formula is C12H12INO2. The number of nitrogens with one attached hydrogen (secondary N) is 1. The minimum absolute atomic E-state index is 0.00475. The third-order valence-electron chi connectivity index (χ3n) is 1.99. The number of amides is 1. The van der Waals surface area contributed by atoms with Gasteiger partial charge >= 0.3 is 0 Å². The lowest BCUT2D eigenvalue weighted by Gasteiger charge is -2.06. The fraction of sp³-hybridized carbons (Fsp3) is 0.250. The van der Waals surface area contributed by atoms with Gasteiger partial charge < -0.3 is 10.4 Å². The lowest BCUT2D eigenvalue weighted by Crippen LogP contribution is -2.24. The van der Waals surface area contributed by atoms with Crippen LogP contribution in [0.15, 0.2) is 18.2 Å². The Bertz CT molecular complexity index is 424. The van der Waals surface area contributed by atoms with Crippen molar-refractivity contribution in [1.29, 1.82) is 0 Å².